The number of carbonyl (C=O) groups excluding carboxylic acids is 1. The summed E-state index contributed by atoms with van der Waals surface area (Å²) in [4.78, 5) is 21.4. The van der Waals surface area contributed by atoms with E-state index in [1.807, 2.05) is 48.7 Å². The minimum atomic E-state index is -0.267. The van der Waals surface area contributed by atoms with E-state index in [1.165, 1.54) is 11.8 Å². The van der Waals surface area contributed by atoms with Crippen LogP contribution in [0.4, 0.5) is 0 Å². The first-order valence-corrected chi connectivity index (χ1v) is 9.21. The summed E-state index contributed by atoms with van der Waals surface area (Å²) in [5.41, 5.74) is 1.68. The summed E-state index contributed by atoms with van der Waals surface area (Å²) >= 11 is 2.96. The number of Topliss-reactive ketones (excluding diaryl/α,β-unsaturated/α-hetero) is 1. The number of H-pyrrole nitrogens is 2. The second-order valence-electron chi connectivity index (χ2n) is 5.32. The Morgan fingerprint density at radius 3 is 2.96 bits per heavy atom. The lowest BCUT2D eigenvalue weighted by Crippen LogP contribution is -2.13. The molecule has 7 heteroatoms. The highest BCUT2D eigenvalue weighted by Gasteiger charge is 2.21. The van der Waals surface area contributed by atoms with E-state index < -0.39 is 0 Å². The van der Waals surface area contributed by atoms with Gasteiger partial charge in [0, 0.05) is 22.7 Å². The molecular weight excluding hydrogens is 340 g/mol. The number of benzene rings is 1. The molecule has 0 aliphatic heterocycles. The predicted molar refractivity (Wildman–Crippen MR) is 97.6 cm³/mol. The molecule has 5 nitrogen and oxygen atoms in total. The monoisotopic (exact) mass is 354 g/mol. The Hall–Kier alpha value is -2.38. The molecule has 0 radical (unpaired) electrons. The number of para-hydroxylation sites is 1. The lowest BCUT2D eigenvalue weighted by atomic mass is 10.1. The van der Waals surface area contributed by atoms with Crippen molar-refractivity contribution in [2.24, 2.45) is 0 Å². The van der Waals surface area contributed by atoms with Gasteiger partial charge >= 0.3 is 0 Å². The Morgan fingerprint density at radius 1 is 1.25 bits per heavy atom. The Balaban J connectivity index is 1.54. The fourth-order valence-corrected chi connectivity index (χ4v) is 3.98. The normalized spacial score (nSPS) is 12.5. The largest absolute Gasteiger partial charge is 0.360 e. The molecule has 0 aliphatic rings. The van der Waals surface area contributed by atoms with Crippen LogP contribution in [0.1, 0.15) is 17.3 Å². The zero-order valence-electron chi connectivity index (χ0n) is 12.8. The van der Waals surface area contributed by atoms with E-state index in [1.54, 1.807) is 17.5 Å². The van der Waals surface area contributed by atoms with E-state index in [0.717, 1.165) is 21.6 Å². The number of thioether (sulfide) groups is 1. The fraction of sp³-hybridized carbons (Fsp3) is 0.118. The van der Waals surface area contributed by atoms with Crippen molar-refractivity contribution in [3.8, 4) is 10.7 Å². The molecule has 0 unspecified atom stereocenters. The summed E-state index contributed by atoms with van der Waals surface area (Å²) in [5, 5.41) is 10.4. The summed E-state index contributed by atoms with van der Waals surface area (Å²) in [6.07, 6.45) is 1.78. The van der Waals surface area contributed by atoms with Crippen molar-refractivity contribution in [2.45, 2.75) is 17.3 Å². The maximum atomic E-state index is 12.8. The van der Waals surface area contributed by atoms with Crippen LogP contribution in [0, 0.1) is 0 Å². The van der Waals surface area contributed by atoms with Crippen LogP contribution in [-0.2, 0) is 0 Å². The average molecular weight is 354 g/mol. The van der Waals surface area contributed by atoms with Crippen molar-refractivity contribution in [2.75, 3.05) is 0 Å². The summed E-state index contributed by atoms with van der Waals surface area (Å²) < 4.78 is 0. The SMILES string of the molecule is C[C@@H](Sc1n[nH]c(-c2cccs2)n1)C(=O)c1c[nH]c2ccccc12. The van der Waals surface area contributed by atoms with E-state index in [0.29, 0.717) is 10.7 Å². The number of aromatic nitrogens is 4. The van der Waals surface area contributed by atoms with Gasteiger partial charge in [0.1, 0.15) is 0 Å². The van der Waals surface area contributed by atoms with Crippen molar-refractivity contribution in [1.82, 2.24) is 20.2 Å². The zero-order valence-corrected chi connectivity index (χ0v) is 14.4. The minimum absolute atomic E-state index is 0.0694. The number of nitrogens with zero attached hydrogens (tertiary/aromatic N) is 2. The summed E-state index contributed by atoms with van der Waals surface area (Å²) in [7, 11) is 0. The lowest BCUT2D eigenvalue weighted by Gasteiger charge is -2.06. The van der Waals surface area contributed by atoms with Crippen molar-refractivity contribution >= 4 is 39.8 Å². The van der Waals surface area contributed by atoms with Gasteiger partial charge in [0.15, 0.2) is 11.6 Å². The molecule has 1 atom stereocenters. The third kappa shape index (κ3) is 2.76. The summed E-state index contributed by atoms with van der Waals surface area (Å²) in [6, 6.07) is 11.8. The number of thiophene rings is 1. The second-order valence-corrected chi connectivity index (χ2v) is 7.57. The number of fused-ring (bicyclic) bond motifs is 1. The number of hydrogen-bond donors (Lipinski definition) is 2. The summed E-state index contributed by atoms with van der Waals surface area (Å²) in [5.74, 6) is 0.805. The number of rotatable bonds is 5. The number of aromatic amines is 2. The maximum Gasteiger partial charge on any atom is 0.209 e. The van der Waals surface area contributed by atoms with Gasteiger partial charge in [0.25, 0.3) is 0 Å². The van der Waals surface area contributed by atoms with Crippen molar-refractivity contribution in [3.05, 3.63) is 53.5 Å². The topological polar surface area (TPSA) is 74.4 Å². The van der Waals surface area contributed by atoms with Crippen molar-refractivity contribution in [1.29, 1.82) is 0 Å². The Morgan fingerprint density at radius 2 is 2.12 bits per heavy atom. The molecule has 120 valence electrons. The van der Waals surface area contributed by atoms with Crippen LogP contribution in [0.15, 0.2) is 53.1 Å². The molecule has 4 rings (SSSR count). The smallest absolute Gasteiger partial charge is 0.209 e. The van der Waals surface area contributed by atoms with Crippen LogP contribution in [-0.4, -0.2) is 31.2 Å². The van der Waals surface area contributed by atoms with E-state index in [-0.39, 0.29) is 11.0 Å². The standard InChI is InChI=1S/C17H14N4OS2/c1-10(15(22)12-9-18-13-6-3-2-5-11(12)13)24-17-19-16(20-21-17)14-7-4-8-23-14/h2-10,18H,1H3,(H,19,20,21)/t10-/m1/s1. The van der Waals surface area contributed by atoms with Crippen LogP contribution in [0.3, 0.4) is 0 Å². The van der Waals surface area contributed by atoms with Gasteiger partial charge in [-0.1, -0.05) is 36.0 Å². The number of carbonyl (C=O) groups is 1. The second kappa shape index (κ2) is 6.26. The fourth-order valence-electron chi connectivity index (χ4n) is 2.53. The highest BCUT2D eigenvalue weighted by atomic mass is 32.2. The number of hydrogen-bond acceptors (Lipinski definition) is 5. The average Bonchev–Trinajstić information content (AvgIpc) is 3.33. The van der Waals surface area contributed by atoms with Gasteiger partial charge in [0.2, 0.25) is 5.16 Å². The number of ketones is 1. The molecule has 4 aromatic rings. The predicted octanol–water partition coefficient (Wildman–Crippen LogP) is 4.38. The van der Waals surface area contributed by atoms with Gasteiger partial charge < -0.3 is 4.98 Å². The highest BCUT2D eigenvalue weighted by Crippen LogP contribution is 2.28. The van der Waals surface area contributed by atoms with E-state index in [2.05, 4.69) is 20.2 Å². The molecule has 0 fully saturated rings. The van der Waals surface area contributed by atoms with Crippen LogP contribution in [0.5, 0.6) is 0 Å². The Kier molecular flexibility index (Phi) is 3.95. The Labute approximate surface area is 146 Å². The van der Waals surface area contributed by atoms with Gasteiger partial charge in [-0.15, -0.1) is 16.4 Å². The molecule has 0 saturated carbocycles. The zero-order chi connectivity index (χ0) is 16.5. The molecule has 24 heavy (non-hydrogen) atoms. The first kappa shape index (κ1) is 15.2. The van der Waals surface area contributed by atoms with Crippen LogP contribution in [0.2, 0.25) is 0 Å². The molecule has 3 aromatic heterocycles. The van der Waals surface area contributed by atoms with E-state index in [4.69, 9.17) is 0 Å². The molecule has 2 N–H and O–H groups in total. The van der Waals surface area contributed by atoms with Gasteiger partial charge in [0.05, 0.1) is 10.1 Å². The van der Waals surface area contributed by atoms with Gasteiger partial charge in [-0.3, -0.25) is 9.89 Å². The van der Waals surface area contributed by atoms with Crippen molar-refractivity contribution < 1.29 is 4.79 Å². The molecule has 0 bridgehead atoms. The van der Waals surface area contributed by atoms with Gasteiger partial charge in [-0.25, -0.2) is 4.98 Å². The van der Waals surface area contributed by atoms with Gasteiger partial charge in [-0.2, -0.15) is 0 Å². The highest BCUT2D eigenvalue weighted by molar-refractivity contribution is 8.00. The minimum Gasteiger partial charge on any atom is -0.360 e. The first-order valence-electron chi connectivity index (χ1n) is 7.45. The quantitative estimate of drug-likeness (QED) is 0.412. The first-order chi connectivity index (χ1) is 11.7. The molecular formula is C17H14N4OS2. The Bertz CT molecular complexity index is 987. The molecule has 0 spiro atoms. The number of nitrogens with one attached hydrogen (secondary N) is 2. The lowest BCUT2D eigenvalue weighted by molar-refractivity contribution is 0.0995. The van der Waals surface area contributed by atoms with E-state index >= 15 is 0 Å². The summed E-state index contributed by atoms with van der Waals surface area (Å²) in [6.45, 7) is 1.88. The third-order valence-corrected chi connectivity index (χ3v) is 5.56. The molecule has 0 amide bonds. The van der Waals surface area contributed by atoms with Crippen LogP contribution < -0.4 is 0 Å². The van der Waals surface area contributed by atoms with Gasteiger partial charge in [-0.05, 0) is 24.4 Å². The molecule has 1 aromatic carbocycles. The van der Waals surface area contributed by atoms with Crippen molar-refractivity contribution in [3.63, 3.8) is 0 Å². The van der Waals surface area contributed by atoms with Crippen LogP contribution in [0.25, 0.3) is 21.6 Å². The molecule has 3 heterocycles. The van der Waals surface area contributed by atoms with E-state index in [9.17, 15) is 4.79 Å². The van der Waals surface area contributed by atoms with Crippen LogP contribution >= 0.6 is 23.1 Å². The third-order valence-electron chi connectivity index (χ3n) is 3.73. The molecule has 0 aliphatic carbocycles. The molecule has 0 saturated heterocycles. The maximum absolute atomic E-state index is 12.8.